The van der Waals surface area contributed by atoms with Gasteiger partial charge in [-0.15, -0.1) is 0 Å². The molecule has 0 aliphatic rings. The molecule has 1 aromatic carbocycles. The lowest BCUT2D eigenvalue weighted by Crippen LogP contribution is -2.13. The molecule has 0 amide bonds. The molecule has 1 aromatic heterocycles. The lowest BCUT2D eigenvalue weighted by atomic mass is 10.2. The van der Waals surface area contributed by atoms with Gasteiger partial charge in [-0.05, 0) is 56.6 Å². The van der Waals surface area contributed by atoms with Gasteiger partial charge >= 0.3 is 0 Å². The minimum Gasteiger partial charge on any atom is -0.437 e. The molecule has 106 valence electrons. The van der Waals surface area contributed by atoms with E-state index in [2.05, 4.69) is 42.2 Å². The van der Waals surface area contributed by atoms with Gasteiger partial charge in [0.1, 0.15) is 11.6 Å². The Bertz CT molecular complexity index is 608. The molecule has 3 nitrogen and oxygen atoms in total. The van der Waals surface area contributed by atoms with Crippen molar-refractivity contribution in [3.8, 4) is 11.6 Å². The van der Waals surface area contributed by atoms with Crippen molar-refractivity contribution in [3.05, 3.63) is 50.8 Å². The van der Waals surface area contributed by atoms with Gasteiger partial charge in [0.05, 0.1) is 4.47 Å². The zero-order valence-corrected chi connectivity index (χ0v) is 14.0. The number of nitrogens with one attached hydrogen (secondary N) is 1. The Balaban J connectivity index is 2.30. The fourth-order valence-corrected chi connectivity index (χ4v) is 2.31. The van der Waals surface area contributed by atoms with Gasteiger partial charge in [0.15, 0.2) is 0 Å². The van der Waals surface area contributed by atoms with Crippen molar-refractivity contribution in [2.75, 3.05) is 6.54 Å². The zero-order valence-electron chi connectivity index (χ0n) is 10.8. The third kappa shape index (κ3) is 4.01. The molecule has 0 aliphatic heterocycles. The monoisotopic (exact) mass is 402 g/mol. The fraction of sp³-hybridized carbons (Fsp3) is 0.214. The normalized spacial score (nSPS) is 10.6. The van der Waals surface area contributed by atoms with Crippen molar-refractivity contribution >= 4 is 31.9 Å². The molecule has 20 heavy (non-hydrogen) atoms. The highest BCUT2D eigenvalue weighted by Crippen LogP contribution is 2.31. The quantitative estimate of drug-likeness (QED) is 0.789. The summed E-state index contributed by atoms with van der Waals surface area (Å²) in [6, 6.07) is 6.22. The maximum absolute atomic E-state index is 13.3. The van der Waals surface area contributed by atoms with E-state index in [1.165, 1.54) is 12.1 Å². The van der Waals surface area contributed by atoms with Gasteiger partial charge in [0, 0.05) is 28.8 Å². The molecule has 2 aromatic rings. The molecule has 0 atom stereocenters. The van der Waals surface area contributed by atoms with E-state index in [9.17, 15) is 4.39 Å². The van der Waals surface area contributed by atoms with Gasteiger partial charge in [-0.3, -0.25) is 0 Å². The number of rotatable bonds is 5. The number of halogens is 3. The van der Waals surface area contributed by atoms with Crippen molar-refractivity contribution in [3.63, 3.8) is 0 Å². The first-order valence-electron chi connectivity index (χ1n) is 6.08. The Morgan fingerprint density at radius 2 is 2.10 bits per heavy atom. The summed E-state index contributed by atoms with van der Waals surface area (Å²) in [5.41, 5.74) is 0.900. The van der Waals surface area contributed by atoms with Crippen LogP contribution in [-0.2, 0) is 6.54 Å². The van der Waals surface area contributed by atoms with Gasteiger partial charge in [0.2, 0.25) is 5.88 Å². The summed E-state index contributed by atoms with van der Waals surface area (Å²) in [7, 11) is 0. The van der Waals surface area contributed by atoms with Gasteiger partial charge in [-0.1, -0.05) is 6.92 Å². The highest BCUT2D eigenvalue weighted by atomic mass is 79.9. The van der Waals surface area contributed by atoms with E-state index in [1.54, 1.807) is 12.3 Å². The highest BCUT2D eigenvalue weighted by molar-refractivity contribution is 9.10. The maximum Gasteiger partial charge on any atom is 0.223 e. The van der Waals surface area contributed by atoms with E-state index in [1.807, 2.05) is 13.0 Å². The van der Waals surface area contributed by atoms with Crippen LogP contribution in [0.2, 0.25) is 0 Å². The Morgan fingerprint density at radius 3 is 2.85 bits per heavy atom. The third-order valence-electron chi connectivity index (χ3n) is 2.56. The van der Waals surface area contributed by atoms with Crippen LogP contribution in [0.15, 0.2) is 39.4 Å². The van der Waals surface area contributed by atoms with E-state index < -0.39 is 0 Å². The average molecular weight is 404 g/mol. The Kier molecular flexibility index (Phi) is 5.51. The molecule has 0 saturated carbocycles. The minimum atomic E-state index is -0.353. The molecular formula is C14H13Br2FN2O. The lowest BCUT2D eigenvalue weighted by Gasteiger charge is -2.12. The van der Waals surface area contributed by atoms with E-state index >= 15 is 0 Å². The smallest absolute Gasteiger partial charge is 0.223 e. The number of aromatic nitrogens is 1. The number of benzene rings is 1. The Hall–Kier alpha value is -0.980. The Morgan fingerprint density at radius 1 is 1.30 bits per heavy atom. The van der Waals surface area contributed by atoms with Crippen molar-refractivity contribution < 1.29 is 9.13 Å². The molecule has 1 heterocycles. The van der Waals surface area contributed by atoms with Gasteiger partial charge in [-0.25, -0.2) is 9.37 Å². The summed E-state index contributed by atoms with van der Waals surface area (Å²) in [6.45, 7) is 3.50. The first kappa shape index (κ1) is 15.4. The average Bonchev–Trinajstić information content (AvgIpc) is 2.43. The fourth-order valence-electron chi connectivity index (χ4n) is 1.61. The summed E-state index contributed by atoms with van der Waals surface area (Å²) in [4.78, 5) is 4.24. The van der Waals surface area contributed by atoms with Crippen LogP contribution in [0.1, 0.15) is 12.5 Å². The van der Waals surface area contributed by atoms with Crippen molar-refractivity contribution in [2.45, 2.75) is 13.5 Å². The predicted molar refractivity (Wildman–Crippen MR) is 83.5 cm³/mol. The lowest BCUT2D eigenvalue weighted by molar-refractivity contribution is 0.446. The van der Waals surface area contributed by atoms with Crippen molar-refractivity contribution in [1.82, 2.24) is 10.3 Å². The Labute approximate surface area is 133 Å². The van der Waals surface area contributed by atoms with Crippen LogP contribution in [0.3, 0.4) is 0 Å². The van der Waals surface area contributed by atoms with Crippen LogP contribution in [0, 0.1) is 5.82 Å². The van der Waals surface area contributed by atoms with Gasteiger partial charge in [0.25, 0.3) is 0 Å². The van der Waals surface area contributed by atoms with Crippen LogP contribution < -0.4 is 10.1 Å². The first-order chi connectivity index (χ1) is 9.60. The van der Waals surface area contributed by atoms with E-state index in [-0.39, 0.29) is 5.82 Å². The van der Waals surface area contributed by atoms with Crippen LogP contribution in [-0.4, -0.2) is 11.5 Å². The molecule has 0 fully saturated rings. The molecule has 2 rings (SSSR count). The summed E-state index contributed by atoms with van der Waals surface area (Å²) < 4.78 is 20.5. The second-order valence-corrected chi connectivity index (χ2v) is 5.84. The second-order valence-electron chi connectivity index (χ2n) is 4.07. The van der Waals surface area contributed by atoms with E-state index in [4.69, 9.17) is 4.74 Å². The number of ether oxygens (including phenoxy) is 1. The van der Waals surface area contributed by atoms with Gasteiger partial charge in [-0.2, -0.15) is 0 Å². The molecule has 6 heteroatoms. The number of nitrogens with zero attached hydrogens (tertiary/aromatic N) is 1. The molecule has 1 N–H and O–H groups in total. The highest BCUT2D eigenvalue weighted by Gasteiger charge is 2.10. The van der Waals surface area contributed by atoms with Crippen LogP contribution >= 0.6 is 31.9 Å². The van der Waals surface area contributed by atoms with Crippen LogP contribution in [0.25, 0.3) is 0 Å². The summed E-state index contributed by atoms with van der Waals surface area (Å²) in [5.74, 6) is 0.506. The van der Waals surface area contributed by atoms with E-state index in [0.29, 0.717) is 22.6 Å². The number of hydrogen-bond acceptors (Lipinski definition) is 3. The van der Waals surface area contributed by atoms with Gasteiger partial charge < -0.3 is 10.1 Å². The van der Waals surface area contributed by atoms with E-state index in [0.717, 1.165) is 16.6 Å². The summed E-state index contributed by atoms with van der Waals surface area (Å²) >= 11 is 6.72. The molecule has 0 radical (unpaired) electrons. The maximum atomic E-state index is 13.3. The zero-order chi connectivity index (χ0) is 14.5. The molecule has 0 bridgehead atoms. The van der Waals surface area contributed by atoms with Crippen LogP contribution in [0.4, 0.5) is 4.39 Å². The summed E-state index contributed by atoms with van der Waals surface area (Å²) in [5, 5.41) is 3.22. The predicted octanol–water partition coefficient (Wildman–Crippen LogP) is 4.65. The number of pyridine rings is 1. The van der Waals surface area contributed by atoms with Crippen LogP contribution in [0.5, 0.6) is 11.6 Å². The molecule has 0 unspecified atom stereocenters. The SMILES string of the molecule is CCNCc1cc(Br)cnc1Oc1cc(F)ccc1Br. The largest absolute Gasteiger partial charge is 0.437 e. The minimum absolute atomic E-state index is 0.353. The molecule has 0 spiro atoms. The molecule has 0 saturated heterocycles. The topological polar surface area (TPSA) is 34.2 Å². The first-order valence-corrected chi connectivity index (χ1v) is 7.66. The standard InChI is InChI=1S/C14H13Br2FN2O/c1-2-18-7-9-5-10(15)8-19-14(9)20-13-6-11(17)3-4-12(13)16/h3-6,8,18H,2,7H2,1H3. The van der Waals surface area contributed by atoms with Crippen molar-refractivity contribution in [2.24, 2.45) is 0 Å². The molecule has 0 aliphatic carbocycles. The second kappa shape index (κ2) is 7.15. The summed E-state index contributed by atoms with van der Waals surface area (Å²) in [6.07, 6.45) is 1.65. The number of hydrogen-bond donors (Lipinski definition) is 1. The third-order valence-corrected chi connectivity index (χ3v) is 3.65. The van der Waals surface area contributed by atoms with Crippen molar-refractivity contribution in [1.29, 1.82) is 0 Å². The molecular weight excluding hydrogens is 391 g/mol.